The lowest BCUT2D eigenvalue weighted by atomic mass is 9.98. The lowest BCUT2D eigenvalue weighted by molar-refractivity contribution is -0.303. The lowest BCUT2D eigenvalue weighted by Gasteiger charge is -2.40. The van der Waals surface area contributed by atoms with Gasteiger partial charge in [-0.3, -0.25) is 4.79 Å². The highest BCUT2D eigenvalue weighted by Gasteiger charge is 2.44. The first-order valence-electron chi connectivity index (χ1n) is 27.4. The maximum absolute atomic E-state index is 13.1. The van der Waals surface area contributed by atoms with Crippen LogP contribution < -0.4 is 5.32 Å². The molecule has 0 radical (unpaired) electrons. The van der Waals surface area contributed by atoms with Crippen LogP contribution in [0, 0.1) is 0 Å². The number of rotatable bonds is 46. The molecule has 388 valence electrons. The van der Waals surface area contributed by atoms with E-state index >= 15 is 0 Å². The first-order chi connectivity index (χ1) is 32.2. The van der Waals surface area contributed by atoms with Crippen molar-refractivity contribution in [3.63, 3.8) is 0 Å². The van der Waals surface area contributed by atoms with Gasteiger partial charge in [-0.05, 0) is 70.6 Å². The molecule has 0 aromatic rings. The van der Waals surface area contributed by atoms with Crippen LogP contribution in [-0.4, -0.2) is 110 Å². The van der Waals surface area contributed by atoms with Crippen molar-refractivity contribution in [3.05, 3.63) is 36.5 Å². The molecule has 0 aromatic heterocycles. The van der Waals surface area contributed by atoms with E-state index < -0.39 is 74.2 Å². The molecule has 11 nitrogen and oxygen atoms in total. The second-order valence-electron chi connectivity index (χ2n) is 19.3. The molecular formula is C55H103NO10. The maximum atomic E-state index is 13.1. The second-order valence-corrected chi connectivity index (χ2v) is 19.3. The third-order valence-electron chi connectivity index (χ3n) is 13.2. The SMILES string of the molecule is CCCCC/C=C\C/C=C\CCCCCCCCC(O)C(=O)NC(COC1OC(CO)C(O)C(O)C1O)C(O)C(O)CCC/C=C/CCCCCCCCCCCCCCCCCCCC. The first kappa shape index (κ1) is 62.3. The topological polar surface area (TPSA) is 189 Å². The minimum atomic E-state index is -1.67. The number of nitrogens with one attached hydrogen (secondary N) is 1. The summed E-state index contributed by atoms with van der Waals surface area (Å²) in [7, 11) is 0. The zero-order valence-electron chi connectivity index (χ0n) is 42.2. The van der Waals surface area contributed by atoms with Gasteiger partial charge >= 0.3 is 0 Å². The van der Waals surface area contributed by atoms with E-state index in [0.717, 1.165) is 64.2 Å². The van der Waals surface area contributed by atoms with Gasteiger partial charge in [-0.25, -0.2) is 0 Å². The Bertz CT molecular complexity index is 1170. The Morgan fingerprint density at radius 3 is 1.42 bits per heavy atom. The fourth-order valence-corrected chi connectivity index (χ4v) is 8.65. The highest BCUT2D eigenvalue weighted by Crippen LogP contribution is 2.23. The Hall–Kier alpha value is -1.67. The molecule has 1 rings (SSSR count). The van der Waals surface area contributed by atoms with E-state index in [0.29, 0.717) is 12.8 Å². The Morgan fingerprint density at radius 2 is 0.939 bits per heavy atom. The molecule has 8 N–H and O–H groups in total. The number of carbonyl (C=O) groups excluding carboxylic acids is 1. The van der Waals surface area contributed by atoms with Gasteiger partial charge in [0.05, 0.1) is 25.4 Å². The van der Waals surface area contributed by atoms with Gasteiger partial charge in [0.15, 0.2) is 6.29 Å². The van der Waals surface area contributed by atoms with Crippen LogP contribution in [0.4, 0.5) is 0 Å². The van der Waals surface area contributed by atoms with Crippen molar-refractivity contribution in [1.29, 1.82) is 0 Å². The highest BCUT2D eigenvalue weighted by molar-refractivity contribution is 5.80. The number of unbranched alkanes of at least 4 members (excludes halogenated alkanes) is 28. The van der Waals surface area contributed by atoms with Crippen molar-refractivity contribution in [1.82, 2.24) is 5.32 Å². The minimum absolute atomic E-state index is 0.241. The van der Waals surface area contributed by atoms with Crippen LogP contribution in [0.5, 0.6) is 0 Å². The van der Waals surface area contributed by atoms with Gasteiger partial charge in [0.2, 0.25) is 5.91 Å². The third-order valence-corrected chi connectivity index (χ3v) is 13.2. The summed E-state index contributed by atoms with van der Waals surface area (Å²) in [6.07, 6.45) is 42.0. The van der Waals surface area contributed by atoms with Crippen molar-refractivity contribution in [2.75, 3.05) is 13.2 Å². The summed E-state index contributed by atoms with van der Waals surface area (Å²) in [5, 5.41) is 76.0. The van der Waals surface area contributed by atoms with Gasteiger partial charge in [-0.15, -0.1) is 0 Å². The molecule has 11 heteroatoms. The number of carbonyl (C=O) groups is 1. The molecule has 1 fully saturated rings. The summed E-state index contributed by atoms with van der Waals surface area (Å²) in [6, 6.07) is -1.19. The summed E-state index contributed by atoms with van der Waals surface area (Å²) in [5.41, 5.74) is 0. The van der Waals surface area contributed by atoms with Gasteiger partial charge in [-0.1, -0.05) is 204 Å². The fourth-order valence-electron chi connectivity index (χ4n) is 8.65. The highest BCUT2D eigenvalue weighted by atomic mass is 16.7. The Balaban J connectivity index is 2.37. The smallest absolute Gasteiger partial charge is 0.249 e. The summed E-state index contributed by atoms with van der Waals surface area (Å²) in [4.78, 5) is 13.1. The number of ether oxygens (including phenoxy) is 2. The van der Waals surface area contributed by atoms with Gasteiger partial charge in [0, 0.05) is 0 Å². The average molecular weight is 938 g/mol. The van der Waals surface area contributed by atoms with E-state index in [-0.39, 0.29) is 12.8 Å². The zero-order chi connectivity index (χ0) is 48.3. The van der Waals surface area contributed by atoms with Crippen molar-refractivity contribution >= 4 is 5.91 Å². The van der Waals surface area contributed by atoms with Crippen molar-refractivity contribution in [3.8, 4) is 0 Å². The van der Waals surface area contributed by atoms with Crippen LogP contribution in [0.15, 0.2) is 36.5 Å². The van der Waals surface area contributed by atoms with Gasteiger partial charge in [0.25, 0.3) is 0 Å². The Labute approximate surface area is 403 Å². The molecule has 0 saturated carbocycles. The molecule has 9 atom stereocenters. The molecule has 0 aromatic carbocycles. The van der Waals surface area contributed by atoms with Gasteiger partial charge < -0.3 is 50.5 Å². The van der Waals surface area contributed by atoms with Gasteiger partial charge in [0.1, 0.15) is 36.6 Å². The van der Waals surface area contributed by atoms with Crippen LogP contribution in [0.25, 0.3) is 0 Å². The quantitative estimate of drug-likeness (QED) is 0.0215. The molecule has 1 aliphatic rings. The van der Waals surface area contributed by atoms with Crippen LogP contribution >= 0.6 is 0 Å². The molecule has 1 heterocycles. The number of hydrogen-bond donors (Lipinski definition) is 8. The minimum Gasteiger partial charge on any atom is -0.394 e. The average Bonchev–Trinajstić information content (AvgIpc) is 3.32. The zero-order valence-corrected chi connectivity index (χ0v) is 42.2. The normalized spacial score (nSPS) is 21.0. The molecule has 66 heavy (non-hydrogen) atoms. The van der Waals surface area contributed by atoms with E-state index in [1.165, 1.54) is 135 Å². The number of allylic oxidation sites excluding steroid dienone is 6. The van der Waals surface area contributed by atoms with Crippen molar-refractivity contribution < 1.29 is 50.0 Å². The van der Waals surface area contributed by atoms with Crippen LogP contribution in [0.3, 0.4) is 0 Å². The van der Waals surface area contributed by atoms with Gasteiger partial charge in [-0.2, -0.15) is 0 Å². The standard InChI is InChI=1S/C55H103NO10/c1-3-5-7-9-11-13-15-17-19-21-22-23-24-25-26-27-29-30-32-34-36-38-40-42-47(58)50(60)46(45-65-55-53(63)52(62)51(61)49(44-57)66-55)56-54(64)48(59)43-41-39-37-35-33-31-28-20-18-16-14-12-10-8-6-4-2/h12,14,18,20,34,36,46-53,55,57-63H,3-11,13,15-17,19,21-33,35,37-45H2,1-2H3,(H,56,64)/b14-12-,20-18-,36-34+. The fraction of sp³-hybridized carbons (Fsp3) is 0.873. The number of aliphatic hydroxyl groups is 7. The predicted molar refractivity (Wildman–Crippen MR) is 270 cm³/mol. The lowest BCUT2D eigenvalue weighted by Crippen LogP contribution is -2.60. The molecule has 0 bridgehead atoms. The monoisotopic (exact) mass is 938 g/mol. The summed E-state index contributed by atoms with van der Waals surface area (Å²) < 4.78 is 11.1. The van der Waals surface area contributed by atoms with E-state index in [1.54, 1.807) is 0 Å². The molecular weight excluding hydrogens is 835 g/mol. The Kier molecular flexibility index (Phi) is 42.1. The van der Waals surface area contributed by atoms with E-state index in [2.05, 4.69) is 55.6 Å². The largest absolute Gasteiger partial charge is 0.394 e. The first-order valence-corrected chi connectivity index (χ1v) is 27.4. The molecule has 1 saturated heterocycles. The maximum Gasteiger partial charge on any atom is 0.249 e. The number of aliphatic hydroxyl groups excluding tert-OH is 7. The summed E-state index contributed by atoms with van der Waals surface area (Å²) in [6.45, 7) is 3.42. The molecule has 1 aliphatic heterocycles. The third kappa shape index (κ3) is 33.0. The van der Waals surface area contributed by atoms with Crippen molar-refractivity contribution in [2.45, 2.75) is 294 Å². The van der Waals surface area contributed by atoms with E-state index in [4.69, 9.17) is 9.47 Å². The second kappa shape index (κ2) is 44.5. The van der Waals surface area contributed by atoms with E-state index in [9.17, 15) is 40.5 Å². The summed E-state index contributed by atoms with van der Waals surface area (Å²) >= 11 is 0. The van der Waals surface area contributed by atoms with E-state index in [1.807, 2.05) is 0 Å². The number of amides is 1. The molecule has 0 spiro atoms. The predicted octanol–water partition coefficient (Wildman–Crippen LogP) is 10.7. The molecule has 0 aliphatic carbocycles. The molecule has 9 unspecified atom stereocenters. The number of hydrogen-bond acceptors (Lipinski definition) is 10. The summed E-state index contributed by atoms with van der Waals surface area (Å²) in [5.74, 6) is -0.714. The molecule has 1 amide bonds. The van der Waals surface area contributed by atoms with Crippen LogP contribution in [-0.2, 0) is 14.3 Å². The van der Waals surface area contributed by atoms with Crippen LogP contribution in [0.2, 0.25) is 0 Å². The Morgan fingerprint density at radius 1 is 0.530 bits per heavy atom. The van der Waals surface area contributed by atoms with Crippen LogP contribution in [0.1, 0.15) is 239 Å². The van der Waals surface area contributed by atoms with Crippen molar-refractivity contribution in [2.24, 2.45) is 0 Å².